The monoisotopic (exact) mass is 298 g/mol. The smallest absolute Gasteiger partial charge is 0.329 e. The number of benzene rings is 1. The van der Waals surface area contributed by atoms with Crippen molar-refractivity contribution in [3.63, 3.8) is 0 Å². The molecule has 1 unspecified atom stereocenters. The molecule has 0 fully saturated rings. The largest absolute Gasteiger partial charge is 0.497 e. The fraction of sp³-hybridized carbons (Fsp3) is 0.462. The maximum Gasteiger partial charge on any atom is 0.329 e. The second-order valence-electron chi connectivity index (χ2n) is 4.52. The van der Waals surface area contributed by atoms with Gasteiger partial charge in [0.25, 0.3) is 0 Å². The van der Waals surface area contributed by atoms with E-state index in [9.17, 15) is 14.9 Å². The van der Waals surface area contributed by atoms with Crippen LogP contribution in [0.25, 0.3) is 0 Å². The number of methoxy groups -OCH3 is 1. The number of rotatable bonds is 7. The van der Waals surface area contributed by atoms with Gasteiger partial charge in [-0.15, -0.1) is 0 Å². The average Bonchev–Trinajstić information content (AvgIpc) is 2.44. The van der Waals surface area contributed by atoms with Gasteiger partial charge in [-0.2, -0.15) is 0 Å². The summed E-state index contributed by atoms with van der Waals surface area (Å²) < 4.78 is 15.1. The summed E-state index contributed by atoms with van der Waals surface area (Å²) in [6, 6.07) is 4.06. The summed E-state index contributed by atoms with van der Waals surface area (Å²) in [4.78, 5) is 22.0. The van der Waals surface area contributed by atoms with Crippen LogP contribution in [0.4, 0.5) is 5.69 Å². The number of nitrogens with two attached hydrogens (primary N) is 1. The zero-order valence-corrected chi connectivity index (χ0v) is 12.1. The highest BCUT2D eigenvalue weighted by Crippen LogP contribution is 2.31. The van der Waals surface area contributed by atoms with E-state index in [1.807, 2.05) is 0 Å². The minimum Gasteiger partial charge on any atom is -0.497 e. The SMILES string of the molecule is CCOC(=O)C(C)(N)COc1cc(OC)ccc1[N+](=O)[O-]. The predicted molar refractivity (Wildman–Crippen MR) is 74.4 cm³/mol. The lowest BCUT2D eigenvalue weighted by molar-refractivity contribution is -0.385. The summed E-state index contributed by atoms with van der Waals surface area (Å²) in [6.45, 7) is 3.00. The van der Waals surface area contributed by atoms with Crippen LogP contribution in [-0.2, 0) is 9.53 Å². The predicted octanol–water partition coefficient (Wildman–Crippen LogP) is 1.26. The van der Waals surface area contributed by atoms with E-state index in [0.29, 0.717) is 5.75 Å². The van der Waals surface area contributed by atoms with Crippen LogP contribution in [0, 0.1) is 10.1 Å². The first-order valence-electron chi connectivity index (χ1n) is 6.23. The van der Waals surface area contributed by atoms with Crippen molar-refractivity contribution < 1.29 is 23.9 Å². The van der Waals surface area contributed by atoms with Crippen LogP contribution >= 0.6 is 0 Å². The third-order valence-corrected chi connectivity index (χ3v) is 2.63. The van der Waals surface area contributed by atoms with E-state index in [4.69, 9.17) is 19.9 Å². The molecule has 1 atom stereocenters. The van der Waals surface area contributed by atoms with Crippen LogP contribution in [0.5, 0.6) is 11.5 Å². The minimum absolute atomic E-state index is 0.0275. The molecule has 0 bridgehead atoms. The molecule has 21 heavy (non-hydrogen) atoms. The number of nitrogens with zero attached hydrogens (tertiary/aromatic N) is 1. The topological polar surface area (TPSA) is 114 Å². The quantitative estimate of drug-likeness (QED) is 0.458. The first-order chi connectivity index (χ1) is 9.81. The van der Waals surface area contributed by atoms with E-state index < -0.39 is 16.4 Å². The summed E-state index contributed by atoms with van der Waals surface area (Å²) in [7, 11) is 1.43. The van der Waals surface area contributed by atoms with Crippen molar-refractivity contribution in [3.8, 4) is 11.5 Å². The van der Waals surface area contributed by atoms with Crippen LogP contribution in [0.3, 0.4) is 0 Å². The van der Waals surface area contributed by atoms with Gasteiger partial charge in [0.2, 0.25) is 5.75 Å². The summed E-state index contributed by atoms with van der Waals surface area (Å²) >= 11 is 0. The molecule has 1 aromatic rings. The van der Waals surface area contributed by atoms with Crippen molar-refractivity contribution in [1.82, 2.24) is 0 Å². The highest BCUT2D eigenvalue weighted by atomic mass is 16.6. The first kappa shape index (κ1) is 16.7. The van der Waals surface area contributed by atoms with Gasteiger partial charge < -0.3 is 19.9 Å². The Labute approximate surface area is 121 Å². The third-order valence-electron chi connectivity index (χ3n) is 2.63. The number of nitro groups is 1. The Hall–Kier alpha value is -2.35. The fourth-order valence-corrected chi connectivity index (χ4v) is 1.47. The van der Waals surface area contributed by atoms with Gasteiger partial charge in [0.05, 0.1) is 18.6 Å². The Kier molecular flexibility index (Phi) is 5.48. The second kappa shape index (κ2) is 6.89. The van der Waals surface area contributed by atoms with Crippen LogP contribution in [0.15, 0.2) is 18.2 Å². The zero-order valence-electron chi connectivity index (χ0n) is 12.1. The van der Waals surface area contributed by atoms with Gasteiger partial charge in [0, 0.05) is 12.1 Å². The lowest BCUT2D eigenvalue weighted by Gasteiger charge is -2.22. The van der Waals surface area contributed by atoms with Gasteiger partial charge >= 0.3 is 11.7 Å². The Balaban J connectivity index is 2.91. The zero-order chi connectivity index (χ0) is 16.0. The molecule has 0 aliphatic carbocycles. The van der Waals surface area contributed by atoms with Crippen molar-refractivity contribution in [1.29, 1.82) is 0 Å². The number of nitro benzene ring substituents is 1. The maximum atomic E-state index is 11.6. The van der Waals surface area contributed by atoms with Gasteiger partial charge in [-0.3, -0.25) is 10.1 Å². The Bertz CT molecular complexity index is 529. The molecule has 0 saturated carbocycles. The van der Waals surface area contributed by atoms with Crippen molar-refractivity contribution in [3.05, 3.63) is 28.3 Å². The number of esters is 1. The molecule has 1 rings (SSSR count). The summed E-state index contributed by atoms with van der Waals surface area (Å²) in [5.74, 6) is -0.277. The molecule has 0 aliphatic heterocycles. The number of ether oxygens (including phenoxy) is 3. The van der Waals surface area contributed by atoms with E-state index in [1.165, 1.54) is 32.2 Å². The maximum absolute atomic E-state index is 11.6. The molecule has 0 aromatic heterocycles. The minimum atomic E-state index is -1.41. The van der Waals surface area contributed by atoms with Gasteiger partial charge in [-0.25, -0.2) is 4.79 Å². The van der Waals surface area contributed by atoms with Crippen molar-refractivity contribution in [2.75, 3.05) is 20.3 Å². The lowest BCUT2D eigenvalue weighted by atomic mass is 10.1. The summed E-state index contributed by atoms with van der Waals surface area (Å²) in [5.41, 5.74) is 4.14. The number of carbonyl (C=O) groups is 1. The summed E-state index contributed by atoms with van der Waals surface area (Å²) in [6.07, 6.45) is 0. The number of hydrogen-bond acceptors (Lipinski definition) is 7. The molecule has 0 saturated heterocycles. The standard InChI is InChI=1S/C13H18N2O6/c1-4-20-12(16)13(2,14)8-21-11-7-9(19-3)5-6-10(11)15(17)18/h5-7H,4,8,14H2,1-3H3. The first-order valence-corrected chi connectivity index (χ1v) is 6.23. The highest BCUT2D eigenvalue weighted by Gasteiger charge is 2.32. The van der Waals surface area contributed by atoms with E-state index in [1.54, 1.807) is 6.92 Å². The fourth-order valence-electron chi connectivity index (χ4n) is 1.47. The summed E-state index contributed by atoms with van der Waals surface area (Å²) in [5, 5.41) is 10.9. The molecule has 0 radical (unpaired) electrons. The molecule has 2 N–H and O–H groups in total. The Morgan fingerprint density at radius 1 is 1.48 bits per heavy atom. The van der Waals surface area contributed by atoms with Crippen LogP contribution < -0.4 is 15.2 Å². The van der Waals surface area contributed by atoms with Crippen molar-refractivity contribution in [2.45, 2.75) is 19.4 Å². The van der Waals surface area contributed by atoms with Crippen molar-refractivity contribution in [2.24, 2.45) is 5.73 Å². The third kappa shape index (κ3) is 4.32. The van der Waals surface area contributed by atoms with Gasteiger partial charge in [0.15, 0.2) is 0 Å². The Morgan fingerprint density at radius 2 is 2.14 bits per heavy atom. The van der Waals surface area contributed by atoms with E-state index in [-0.39, 0.29) is 24.7 Å². The highest BCUT2D eigenvalue weighted by molar-refractivity contribution is 5.80. The molecular weight excluding hydrogens is 280 g/mol. The van der Waals surface area contributed by atoms with E-state index in [0.717, 1.165) is 0 Å². The van der Waals surface area contributed by atoms with E-state index >= 15 is 0 Å². The molecule has 0 aliphatic rings. The molecule has 8 nitrogen and oxygen atoms in total. The molecule has 0 heterocycles. The van der Waals surface area contributed by atoms with Crippen LogP contribution in [-0.4, -0.2) is 36.8 Å². The molecule has 1 aromatic carbocycles. The number of carbonyl (C=O) groups excluding carboxylic acids is 1. The number of hydrogen-bond donors (Lipinski definition) is 1. The van der Waals surface area contributed by atoms with Crippen LogP contribution in [0.2, 0.25) is 0 Å². The van der Waals surface area contributed by atoms with Crippen molar-refractivity contribution >= 4 is 11.7 Å². The van der Waals surface area contributed by atoms with Crippen LogP contribution in [0.1, 0.15) is 13.8 Å². The normalized spacial score (nSPS) is 13.1. The van der Waals surface area contributed by atoms with Gasteiger partial charge in [-0.05, 0) is 19.9 Å². The average molecular weight is 298 g/mol. The molecule has 0 amide bonds. The molecule has 116 valence electrons. The molecule has 0 spiro atoms. The lowest BCUT2D eigenvalue weighted by Crippen LogP contribution is -2.51. The molecular formula is C13H18N2O6. The Morgan fingerprint density at radius 3 is 2.67 bits per heavy atom. The molecule has 8 heteroatoms. The second-order valence-corrected chi connectivity index (χ2v) is 4.52. The van der Waals surface area contributed by atoms with Gasteiger partial charge in [0.1, 0.15) is 17.9 Å². The van der Waals surface area contributed by atoms with Gasteiger partial charge in [-0.1, -0.05) is 0 Å². The van der Waals surface area contributed by atoms with E-state index in [2.05, 4.69) is 0 Å².